The molecule has 92 valence electrons. The minimum atomic E-state index is 0.936. The first-order chi connectivity index (χ1) is 8.36. The third kappa shape index (κ3) is 6.06. The highest BCUT2D eigenvalue weighted by Gasteiger charge is 1.90. The summed E-state index contributed by atoms with van der Waals surface area (Å²) in [6.07, 6.45) is 9.99. The van der Waals surface area contributed by atoms with E-state index in [9.17, 15) is 0 Å². The fourth-order valence-electron chi connectivity index (χ4n) is 1.68. The van der Waals surface area contributed by atoms with E-state index in [2.05, 4.69) is 42.8 Å². The molecule has 0 saturated heterocycles. The molecule has 0 aromatic heterocycles. The lowest BCUT2D eigenvalue weighted by molar-refractivity contribution is 0.675. The molecule has 1 aromatic carbocycles. The standard InChI is InChI=1S/C16H23N/c1-3-5-6-7-13-17-14-12-16-10-8-15(4-2)9-11-16/h4,8-11,14H,2-3,5-7,12-13H2,1H3. The highest BCUT2D eigenvalue weighted by molar-refractivity contribution is 5.62. The molecule has 1 aromatic rings. The van der Waals surface area contributed by atoms with Gasteiger partial charge in [-0.15, -0.1) is 0 Å². The molecule has 0 aliphatic heterocycles. The Hall–Kier alpha value is -1.37. The van der Waals surface area contributed by atoms with Crippen LogP contribution in [0.15, 0.2) is 35.8 Å². The van der Waals surface area contributed by atoms with Crippen molar-refractivity contribution >= 4 is 12.3 Å². The van der Waals surface area contributed by atoms with Crippen LogP contribution in [0, 0.1) is 0 Å². The molecule has 0 amide bonds. The summed E-state index contributed by atoms with van der Waals surface area (Å²) < 4.78 is 0. The van der Waals surface area contributed by atoms with Gasteiger partial charge in [0, 0.05) is 19.2 Å². The zero-order chi connectivity index (χ0) is 12.3. The fraction of sp³-hybridized carbons (Fsp3) is 0.438. The summed E-state index contributed by atoms with van der Waals surface area (Å²) in [7, 11) is 0. The van der Waals surface area contributed by atoms with Gasteiger partial charge in [-0.05, 0) is 17.5 Å². The maximum atomic E-state index is 4.44. The predicted octanol–water partition coefficient (Wildman–Crippen LogP) is 4.52. The van der Waals surface area contributed by atoms with Crippen LogP contribution < -0.4 is 0 Å². The van der Waals surface area contributed by atoms with E-state index in [0.29, 0.717) is 0 Å². The van der Waals surface area contributed by atoms with E-state index >= 15 is 0 Å². The summed E-state index contributed by atoms with van der Waals surface area (Å²) in [5.41, 5.74) is 2.48. The Morgan fingerprint density at radius 3 is 2.53 bits per heavy atom. The van der Waals surface area contributed by atoms with Crippen molar-refractivity contribution in [1.82, 2.24) is 0 Å². The Labute approximate surface area is 105 Å². The zero-order valence-electron chi connectivity index (χ0n) is 10.9. The van der Waals surface area contributed by atoms with E-state index in [-0.39, 0.29) is 0 Å². The molecule has 0 N–H and O–H groups in total. The van der Waals surface area contributed by atoms with E-state index in [1.807, 2.05) is 12.3 Å². The van der Waals surface area contributed by atoms with Crippen LogP contribution >= 0.6 is 0 Å². The number of rotatable bonds is 8. The molecule has 0 heterocycles. The number of benzene rings is 1. The second-order valence-electron chi connectivity index (χ2n) is 4.30. The highest BCUT2D eigenvalue weighted by atomic mass is 14.7. The topological polar surface area (TPSA) is 12.4 Å². The smallest absolute Gasteiger partial charge is 0.0385 e. The second-order valence-corrected chi connectivity index (χ2v) is 4.30. The zero-order valence-corrected chi connectivity index (χ0v) is 10.9. The molecule has 17 heavy (non-hydrogen) atoms. The SMILES string of the molecule is C=Cc1ccc(CC=NCCCCCC)cc1. The molecule has 1 heteroatoms. The number of hydrogen-bond acceptors (Lipinski definition) is 1. The number of aliphatic imine (C=N–C) groups is 1. The molecule has 1 rings (SSSR count). The van der Waals surface area contributed by atoms with Gasteiger partial charge in [-0.2, -0.15) is 0 Å². The van der Waals surface area contributed by atoms with E-state index in [4.69, 9.17) is 0 Å². The molecule has 0 fully saturated rings. The van der Waals surface area contributed by atoms with E-state index in [1.54, 1.807) is 0 Å². The van der Waals surface area contributed by atoms with Crippen LogP contribution in [-0.2, 0) is 6.42 Å². The molecular formula is C16H23N. The lowest BCUT2D eigenvalue weighted by Crippen LogP contribution is -1.88. The molecule has 1 nitrogen and oxygen atoms in total. The predicted molar refractivity (Wildman–Crippen MR) is 77.7 cm³/mol. The second kappa shape index (κ2) is 8.74. The molecule has 0 unspecified atom stereocenters. The van der Waals surface area contributed by atoms with Crippen molar-refractivity contribution in [3.05, 3.63) is 42.0 Å². The minimum Gasteiger partial charge on any atom is -0.297 e. The molecule has 0 aliphatic rings. The van der Waals surface area contributed by atoms with Gasteiger partial charge in [0.05, 0.1) is 0 Å². The molecular weight excluding hydrogens is 206 g/mol. The van der Waals surface area contributed by atoms with Crippen LogP contribution in [0.1, 0.15) is 43.7 Å². The first kappa shape index (κ1) is 13.7. The third-order valence-corrected chi connectivity index (χ3v) is 2.81. The number of hydrogen-bond donors (Lipinski definition) is 0. The van der Waals surface area contributed by atoms with Crippen LogP contribution in [0.5, 0.6) is 0 Å². The fourth-order valence-corrected chi connectivity index (χ4v) is 1.68. The average Bonchev–Trinajstić information content (AvgIpc) is 2.38. The van der Waals surface area contributed by atoms with Crippen molar-refractivity contribution in [2.75, 3.05) is 6.54 Å². The van der Waals surface area contributed by atoms with Crippen LogP contribution in [0.4, 0.5) is 0 Å². The van der Waals surface area contributed by atoms with Crippen molar-refractivity contribution < 1.29 is 0 Å². The molecule has 0 spiro atoms. The molecule has 0 atom stereocenters. The van der Waals surface area contributed by atoms with E-state index in [0.717, 1.165) is 13.0 Å². The van der Waals surface area contributed by atoms with Gasteiger partial charge in [-0.1, -0.05) is 63.1 Å². The van der Waals surface area contributed by atoms with Crippen LogP contribution in [0.25, 0.3) is 6.08 Å². The Kier molecular flexibility index (Phi) is 7.04. The first-order valence-electron chi connectivity index (χ1n) is 6.56. The van der Waals surface area contributed by atoms with Gasteiger partial charge in [-0.25, -0.2) is 0 Å². The average molecular weight is 229 g/mol. The van der Waals surface area contributed by atoms with Crippen LogP contribution in [0.3, 0.4) is 0 Å². The van der Waals surface area contributed by atoms with Crippen molar-refractivity contribution in [2.45, 2.75) is 39.0 Å². The quantitative estimate of drug-likeness (QED) is 0.459. The third-order valence-electron chi connectivity index (χ3n) is 2.81. The van der Waals surface area contributed by atoms with Crippen molar-refractivity contribution in [2.24, 2.45) is 4.99 Å². The first-order valence-corrected chi connectivity index (χ1v) is 6.56. The largest absolute Gasteiger partial charge is 0.297 e. The van der Waals surface area contributed by atoms with Crippen LogP contribution in [0.2, 0.25) is 0 Å². The molecule has 0 radical (unpaired) electrons. The summed E-state index contributed by atoms with van der Waals surface area (Å²) in [4.78, 5) is 4.44. The van der Waals surface area contributed by atoms with Crippen molar-refractivity contribution in [3.63, 3.8) is 0 Å². The van der Waals surface area contributed by atoms with Crippen molar-refractivity contribution in [3.8, 4) is 0 Å². The van der Waals surface area contributed by atoms with E-state index in [1.165, 1.54) is 36.8 Å². The summed E-state index contributed by atoms with van der Waals surface area (Å²) in [6.45, 7) is 6.95. The Morgan fingerprint density at radius 1 is 1.12 bits per heavy atom. The highest BCUT2D eigenvalue weighted by Crippen LogP contribution is 2.05. The molecule has 0 aliphatic carbocycles. The Morgan fingerprint density at radius 2 is 1.88 bits per heavy atom. The number of nitrogens with zero attached hydrogens (tertiary/aromatic N) is 1. The summed E-state index contributed by atoms with van der Waals surface area (Å²) in [5.74, 6) is 0. The summed E-state index contributed by atoms with van der Waals surface area (Å²) >= 11 is 0. The van der Waals surface area contributed by atoms with Gasteiger partial charge in [0.2, 0.25) is 0 Å². The maximum absolute atomic E-state index is 4.44. The summed E-state index contributed by atoms with van der Waals surface area (Å²) in [6, 6.07) is 8.47. The van der Waals surface area contributed by atoms with Gasteiger partial charge < -0.3 is 0 Å². The molecule has 0 bridgehead atoms. The number of unbranched alkanes of at least 4 members (excludes halogenated alkanes) is 3. The Bertz CT molecular complexity index is 335. The Balaban J connectivity index is 2.20. The minimum absolute atomic E-state index is 0.936. The van der Waals surface area contributed by atoms with Crippen molar-refractivity contribution in [1.29, 1.82) is 0 Å². The maximum Gasteiger partial charge on any atom is 0.0385 e. The van der Waals surface area contributed by atoms with E-state index < -0.39 is 0 Å². The lowest BCUT2D eigenvalue weighted by atomic mass is 10.1. The lowest BCUT2D eigenvalue weighted by Gasteiger charge is -1.98. The van der Waals surface area contributed by atoms with Gasteiger partial charge in [-0.3, -0.25) is 4.99 Å². The van der Waals surface area contributed by atoms with Gasteiger partial charge in [0.1, 0.15) is 0 Å². The normalized spacial score (nSPS) is 10.9. The summed E-state index contributed by atoms with van der Waals surface area (Å²) in [5, 5.41) is 0. The van der Waals surface area contributed by atoms with Crippen LogP contribution in [-0.4, -0.2) is 12.8 Å². The monoisotopic (exact) mass is 229 g/mol. The van der Waals surface area contributed by atoms with Gasteiger partial charge in [0.25, 0.3) is 0 Å². The van der Waals surface area contributed by atoms with Gasteiger partial charge in [0.15, 0.2) is 0 Å². The van der Waals surface area contributed by atoms with Gasteiger partial charge >= 0.3 is 0 Å². The molecule has 0 saturated carbocycles.